The second-order valence-corrected chi connectivity index (χ2v) is 0.250. The van der Waals surface area contributed by atoms with Gasteiger partial charge >= 0.3 is 37.4 Å². The van der Waals surface area contributed by atoms with Crippen molar-refractivity contribution in [3.05, 3.63) is 0 Å². The maximum absolute atomic E-state index is 8.33. The van der Waals surface area contributed by atoms with Gasteiger partial charge in [-0.1, -0.05) is 0 Å². The molecule has 0 spiro atoms. The second-order valence-electron chi connectivity index (χ2n) is 0.250. The average molecular weight is 192 g/mol. The topological polar surface area (TPSA) is 83.4 Å². The fourth-order valence-electron chi connectivity index (χ4n) is 0. The zero-order chi connectivity index (χ0) is 5.58. The molecule has 0 unspecified atom stereocenters. The third-order valence-electron chi connectivity index (χ3n) is 0. The van der Waals surface area contributed by atoms with Gasteiger partial charge in [-0.25, -0.2) is 0 Å². The minimum absolute atomic E-state index is 0. The van der Waals surface area contributed by atoms with Crippen molar-refractivity contribution in [3.8, 4) is 0 Å². The molecule has 0 aromatic rings. The molecule has 7 heavy (non-hydrogen) atoms. The molecule has 0 saturated carbocycles. The third kappa shape index (κ3) is 1730. The molecular formula is CHCoFeO4+. The Morgan fingerprint density at radius 1 is 1.43 bits per heavy atom. The first-order valence-corrected chi connectivity index (χ1v) is 1.23. The van der Waals surface area contributed by atoms with Crippen LogP contribution in [0.5, 0.6) is 0 Å². The van der Waals surface area contributed by atoms with Crippen LogP contribution in [0.4, 0.5) is 4.79 Å². The van der Waals surface area contributed by atoms with E-state index in [0.29, 0.717) is 0 Å². The van der Waals surface area contributed by atoms with E-state index >= 15 is 0 Å². The molecule has 0 amide bonds. The summed E-state index contributed by atoms with van der Waals surface area (Å²) in [7, 11) is 0. The average Bonchev–Trinajstić information content (AvgIpc) is 1.41. The van der Waals surface area contributed by atoms with Crippen molar-refractivity contribution in [3.63, 3.8) is 0 Å². The molecule has 45 valence electrons. The predicted octanol–water partition coefficient (Wildman–Crippen LogP) is -3.01. The minimum atomic E-state index is -2.33. The molecule has 0 aliphatic rings. The number of rotatable bonds is 0. The molecule has 0 fully saturated rings. The second kappa shape index (κ2) is 16.3. The summed E-state index contributed by atoms with van der Waals surface area (Å²) in [5.41, 5.74) is 0. The Kier molecular flexibility index (Phi) is 36.5. The zero-order valence-electron chi connectivity index (χ0n) is 2.86. The van der Waals surface area contributed by atoms with Crippen molar-refractivity contribution in [2.75, 3.05) is 0 Å². The van der Waals surface area contributed by atoms with Gasteiger partial charge in [-0.3, -0.25) is 0 Å². The van der Waals surface area contributed by atoms with Crippen LogP contribution in [-0.2, 0) is 33.1 Å². The van der Waals surface area contributed by atoms with Gasteiger partial charge in [0, 0.05) is 0 Å². The van der Waals surface area contributed by atoms with E-state index in [2.05, 4.69) is 16.1 Å². The summed E-state index contributed by atoms with van der Waals surface area (Å²) in [6.07, 6.45) is -2.33. The predicted molar refractivity (Wildman–Crippen MR) is 7.61 cm³/mol. The monoisotopic (exact) mass is 192 g/mol. The Hall–Kier alpha value is 0.256. The summed E-state index contributed by atoms with van der Waals surface area (Å²) < 4.78 is 6.69. The fourth-order valence-corrected chi connectivity index (χ4v) is 0. The summed E-state index contributed by atoms with van der Waals surface area (Å²) in [6, 6.07) is 0. The Labute approximate surface area is 58.9 Å². The van der Waals surface area contributed by atoms with Gasteiger partial charge in [0.2, 0.25) is 0 Å². The van der Waals surface area contributed by atoms with E-state index in [1.807, 2.05) is 0 Å². The molecule has 4 nitrogen and oxygen atoms in total. The van der Waals surface area contributed by atoms with Gasteiger partial charge in [0.1, 0.15) is 0 Å². The Bertz CT molecular complexity index is 34.7. The van der Waals surface area contributed by atoms with Crippen LogP contribution in [0.1, 0.15) is 0 Å². The molecule has 0 rings (SSSR count). The number of carbonyl (C=O) groups is 1. The fraction of sp³-hybridized carbons (Fsp3) is 0. The van der Waals surface area contributed by atoms with Gasteiger partial charge < -0.3 is 15.0 Å². The van der Waals surface area contributed by atoms with Crippen molar-refractivity contribution in [2.45, 2.75) is 0 Å². The van der Waals surface area contributed by atoms with Crippen LogP contribution in [-0.4, -0.2) is 10.4 Å². The molecule has 0 radical (unpaired) electrons. The van der Waals surface area contributed by atoms with E-state index in [-0.39, 0.29) is 17.1 Å². The van der Waals surface area contributed by atoms with Gasteiger partial charge in [-0.2, -0.15) is 0 Å². The Balaban J connectivity index is -0.0000000480. The molecule has 0 saturated heterocycles. The van der Waals surface area contributed by atoms with E-state index in [9.17, 15) is 0 Å². The van der Waals surface area contributed by atoms with Crippen LogP contribution in [0, 0.1) is 0 Å². The van der Waals surface area contributed by atoms with Crippen LogP contribution >= 0.6 is 0 Å². The molecule has 0 aromatic heterocycles. The van der Waals surface area contributed by atoms with Crippen LogP contribution in [0.15, 0.2) is 0 Å². The normalized spacial score (nSPS) is 4.29. The van der Waals surface area contributed by atoms with Gasteiger partial charge in [-0.05, 0) is 6.16 Å². The summed E-state index contributed by atoms with van der Waals surface area (Å²) in [6.45, 7) is 0. The standard InChI is InChI=1S/CH2O3.Co.Fe.H2O/c2-1(3)4;;;/h(H2,2,3,4);;;1H2/q;2*+2;/p-3. The van der Waals surface area contributed by atoms with Crippen molar-refractivity contribution in [2.24, 2.45) is 0 Å². The van der Waals surface area contributed by atoms with E-state index < -0.39 is 6.16 Å². The Morgan fingerprint density at radius 2 is 1.43 bits per heavy atom. The number of carboxylic acid groups (broad SMARTS) is 2. The van der Waals surface area contributed by atoms with Crippen molar-refractivity contribution in [1.29, 1.82) is 0 Å². The zero-order valence-corrected chi connectivity index (χ0v) is 5.00. The Morgan fingerprint density at radius 3 is 1.43 bits per heavy atom. The van der Waals surface area contributed by atoms with Crippen molar-refractivity contribution < 1.29 is 52.4 Å². The van der Waals surface area contributed by atoms with Gasteiger partial charge in [0.05, 0.1) is 0 Å². The van der Waals surface area contributed by atoms with Crippen LogP contribution in [0.25, 0.3) is 0 Å². The maximum atomic E-state index is 8.33. The van der Waals surface area contributed by atoms with Gasteiger partial charge in [0.15, 0.2) is 0 Å². The molecule has 0 aromatic carbocycles. The number of carbonyl (C=O) groups excluding carboxylic acids is 1. The van der Waals surface area contributed by atoms with E-state index in [1.54, 1.807) is 0 Å². The summed E-state index contributed by atoms with van der Waals surface area (Å²) in [5.74, 6) is 0. The van der Waals surface area contributed by atoms with E-state index in [0.717, 1.165) is 0 Å². The van der Waals surface area contributed by atoms with Crippen LogP contribution in [0.2, 0.25) is 0 Å². The first-order chi connectivity index (χ1) is 2.73. The molecule has 0 heterocycles. The van der Waals surface area contributed by atoms with E-state index in [1.165, 1.54) is 0 Å². The number of hydrogen-bond acceptors (Lipinski definition) is 4. The van der Waals surface area contributed by atoms with Crippen LogP contribution < -0.4 is 10.2 Å². The van der Waals surface area contributed by atoms with Crippen LogP contribution in [0.3, 0.4) is 0 Å². The SMILES string of the molecule is O=C([O-])[O-].[Fe+2].[OH][Co+]. The number of hydrogen-bond donors (Lipinski definition) is 1. The molecule has 0 aliphatic heterocycles. The molecule has 1 N–H and O–H groups in total. The molecule has 0 bridgehead atoms. The molecule has 0 atom stereocenters. The van der Waals surface area contributed by atoms with Gasteiger partial charge in [0.25, 0.3) is 0 Å². The molecule has 6 heteroatoms. The van der Waals surface area contributed by atoms with E-state index in [4.69, 9.17) is 19.2 Å². The first-order valence-electron chi connectivity index (χ1n) is 0.761. The summed E-state index contributed by atoms with van der Waals surface area (Å²) >= 11 is 2.56. The molecular weight excluding hydrogens is 191 g/mol. The molecule has 0 aliphatic carbocycles. The van der Waals surface area contributed by atoms with Crippen molar-refractivity contribution >= 4 is 6.16 Å². The quantitative estimate of drug-likeness (QED) is 0.414. The summed E-state index contributed by atoms with van der Waals surface area (Å²) in [4.78, 5) is 8.33. The summed E-state index contributed by atoms with van der Waals surface area (Å²) in [5, 5.41) is 16.7. The van der Waals surface area contributed by atoms with Crippen molar-refractivity contribution in [1.82, 2.24) is 0 Å². The first kappa shape index (κ1) is 15.7. The van der Waals surface area contributed by atoms with Gasteiger partial charge in [-0.15, -0.1) is 0 Å². The third-order valence-corrected chi connectivity index (χ3v) is 0.